The second-order valence-corrected chi connectivity index (χ2v) is 4.10. The summed E-state index contributed by atoms with van der Waals surface area (Å²) in [4.78, 5) is 0. The van der Waals surface area contributed by atoms with Crippen LogP contribution in [0.5, 0.6) is 0 Å². The Labute approximate surface area is 106 Å². The second kappa shape index (κ2) is 4.94. The molecule has 1 heterocycles. The molecule has 0 radical (unpaired) electrons. The predicted molar refractivity (Wildman–Crippen MR) is 62.5 cm³/mol. The first-order valence-corrected chi connectivity index (χ1v) is 5.47. The molecular formula is C12H9ClF3NO. The minimum absolute atomic E-state index is 0.0340. The molecule has 0 aliphatic rings. The van der Waals surface area contributed by atoms with E-state index in [1.165, 1.54) is 12.3 Å². The molecular weight excluding hydrogens is 267 g/mol. The number of hydrogen-bond donors (Lipinski definition) is 1. The van der Waals surface area contributed by atoms with Gasteiger partial charge < -0.3 is 9.73 Å². The van der Waals surface area contributed by atoms with Gasteiger partial charge in [0.05, 0.1) is 18.4 Å². The van der Waals surface area contributed by atoms with E-state index in [1.807, 2.05) is 0 Å². The zero-order valence-electron chi connectivity index (χ0n) is 9.09. The Hall–Kier alpha value is -1.62. The van der Waals surface area contributed by atoms with Crippen LogP contribution in [0.15, 0.2) is 41.0 Å². The van der Waals surface area contributed by atoms with E-state index >= 15 is 0 Å². The zero-order chi connectivity index (χ0) is 13.2. The third kappa shape index (κ3) is 3.20. The first-order valence-electron chi connectivity index (χ1n) is 5.09. The van der Waals surface area contributed by atoms with E-state index in [0.29, 0.717) is 18.0 Å². The Morgan fingerprint density at radius 3 is 2.61 bits per heavy atom. The van der Waals surface area contributed by atoms with Crippen molar-refractivity contribution in [2.75, 3.05) is 5.32 Å². The highest BCUT2D eigenvalue weighted by Gasteiger charge is 2.31. The van der Waals surface area contributed by atoms with Crippen LogP contribution in [0.4, 0.5) is 18.9 Å². The van der Waals surface area contributed by atoms with E-state index in [2.05, 4.69) is 5.32 Å². The molecule has 96 valence electrons. The van der Waals surface area contributed by atoms with Crippen LogP contribution in [0.1, 0.15) is 11.3 Å². The van der Waals surface area contributed by atoms with Gasteiger partial charge in [-0.3, -0.25) is 0 Å². The molecule has 2 rings (SSSR count). The summed E-state index contributed by atoms with van der Waals surface area (Å²) in [5.41, 5.74) is -0.483. The summed E-state index contributed by atoms with van der Waals surface area (Å²) in [6, 6.07) is 6.76. The van der Waals surface area contributed by atoms with Crippen molar-refractivity contribution in [3.8, 4) is 0 Å². The number of anilines is 1. The molecule has 0 aliphatic carbocycles. The normalized spacial score (nSPS) is 11.6. The predicted octanol–water partition coefficient (Wildman–Crippen LogP) is 4.56. The lowest BCUT2D eigenvalue weighted by atomic mass is 10.2. The largest absolute Gasteiger partial charge is 0.467 e. The summed E-state index contributed by atoms with van der Waals surface area (Å²) in [7, 11) is 0. The van der Waals surface area contributed by atoms with Gasteiger partial charge in [-0.15, -0.1) is 0 Å². The molecule has 1 N–H and O–H groups in total. The Bertz CT molecular complexity index is 523. The molecule has 2 aromatic rings. The van der Waals surface area contributed by atoms with Crippen LogP contribution in [0.3, 0.4) is 0 Å². The Morgan fingerprint density at radius 1 is 1.22 bits per heavy atom. The van der Waals surface area contributed by atoms with Gasteiger partial charge in [-0.1, -0.05) is 11.6 Å². The maximum atomic E-state index is 12.6. The fourth-order valence-electron chi connectivity index (χ4n) is 1.46. The minimum atomic E-state index is -4.41. The van der Waals surface area contributed by atoms with E-state index in [4.69, 9.17) is 16.0 Å². The Balaban J connectivity index is 2.15. The van der Waals surface area contributed by atoms with Crippen LogP contribution in [0.2, 0.25) is 5.02 Å². The molecule has 1 aromatic carbocycles. The zero-order valence-corrected chi connectivity index (χ0v) is 9.85. The SMILES string of the molecule is FC(F)(F)c1cc(Cl)cc(NCc2ccco2)c1. The molecule has 0 unspecified atom stereocenters. The van der Waals surface area contributed by atoms with Crippen LogP contribution in [0.25, 0.3) is 0 Å². The highest BCUT2D eigenvalue weighted by Crippen LogP contribution is 2.33. The van der Waals surface area contributed by atoms with Gasteiger partial charge in [0.1, 0.15) is 5.76 Å². The van der Waals surface area contributed by atoms with E-state index in [1.54, 1.807) is 12.1 Å². The number of halogens is 4. The third-order valence-corrected chi connectivity index (χ3v) is 2.49. The van der Waals surface area contributed by atoms with Crippen molar-refractivity contribution in [1.29, 1.82) is 0 Å². The average molecular weight is 276 g/mol. The number of alkyl halides is 3. The van der Waals surface area contributed by atoms with Crippen molar-refractivity contribution >= 4 is 17.3 Å². The summed E-state index contributed by atoms with van der Waals surface area (Å²) < 4.78 is 42.7. The van der Waals surface area contributed by atoms with Gasteiger partial charge in [0.15, 0.2) is 0 Å². The number of hydrogen-bond acceptors (Lipinski definition) is 2. The smallest absolute Gasteiger partial charge is 0.416 e. The van der Waals surface area contributed by atoms with Gasteiger partial charge in [0.25, 0.3) is 0 Å². The quantitative estimate of drug-likeness (QED) is 0.888. The maximum absolute atomic E-state index is 12.6. The Kier molecular flexibility index (Phi) is 3.52. The molecule has 0 spiro atoms. The molecule has 0 saturated heterocycles. The summed E-state index contributed by atoms with van der Waals surface area (Å²) in [6.07, 6.45) is -2.91. The van der Waals surface area contributed by atoms with Crippen molar-refractivity contribution in [3.05, 3.63) is 52.9 Å². The van der Waals surface area contributed by atoms with Crippen molar-refractivity contribution in [2.24, 2.45) is 0 Å². The highest BCUT2D eigenvalue weighted by atomic mass is 35.5. The molecule has 0 aliphatic heterocycles. The summed E-state index contributed by atoms with van der Waals surface area (Å²) in [5.74, 6) is 0.628. The Morgan fingerprint density at radius 2 is 2.00 bits per heavy atom. The van der Waals surface area contributed by atoms with Crippen molar-refractivity contribution in [3.63, 3.8) is 0 Å². The first kappa shape index (κ1) is 12.8. The molecule has 0 amide bonds. The maximum Gasteiger partial charge on any atom is 0.416 e. The van der Waals surface area contributed by atoms with Gasteiger partial charge in [-0.05, 0) is 30.3 Å². The molecule has 2 nitrogen and oxygen atoms in total. The lowest BCUT2D eigenvalue weighted by Crippen LogP contribution is -2.06. The molecule has 0 fully saturated rings. The molecule has 0 saturated carbocycles. The van der Waals surface area contributed by atoms with Crippen LogP contribution in [-0.2, 0) is 12.7 Å². The molecule has 0 atom stereocenters. The first-order chi connectivity index (χ1) is 8.45. The van der Waals surface area contributed by atoms with Gasteiger partial charge in [0, 0.05) is 10.7 Å². The number of rotatable bonds is 3. The van der Waals surface area contributed by atoms with Crippen LogP contribution in [-0.4, -0.2) is 0 Å². The van der Waals surface area contributed by atoms with Gasteiger partial charge in [0.2, 0.25) is 0 Å². The molecule has 0 bridgehead atoms. The van der Waals surface area contributed by atoms with Crippen molar-refractivity contribution < 1.29 is 17.6 Å². The van der Waals surface area contributed by atoms with E-state index in [0.717, 1.165) is 12.1 Å². The molecule has 1 aromatic heterocycles. The number of benzene rings is 1. The second-order valence-electron chi connectivity index (χ2n) is 3.66. The lowest BCUT2D eigenvalue weighted by molar-refractivity contribution is -0.137. The highest BCUT2D eigenvalue weighted by molar-refractivity contribution is 6.30. The topological polar surface area (TPSA) is 25.2 Å². The van der Waals surface area contributed by atoms with Crippen molar-refractivity contribution in [2.45, 2.75) is 12.7 Å². The fraction of sp³-hybridized carbons (Fsp3) is 0.167. The number of furan rings is 1. The lowest BCUT2D eigenvalue weighted by Gasteiger charge is -2.11. The van der Waals surface area contributed by atoms with E-state index < -0.39 is 11.7 Å². The standard InChI is InChI=1S/C12H9ClF3NO/c13-9-4-8(12(14,15)16)5-10(6-9)17-7-11-2-1-3-18-11/h1-6,17H,7H2. The fourth-order valence-corrected chi connectivity index (χ4v) is 1.69. The summed E-state index contributed by atoms with van der Waals surface area (Å²) in [5, 5.41) is 2.86. The monoisotopic (exact) mass is 275 g/mol. The van der Waals surface area contributed by atoms with E-state index in [9.17, 15) is 13.2 Å². The number of nitrogens with one attached hydrogen (secondary N) is 1. The third-order valence-electron chi connectivity index (χ3n) is 2.27. The van der Waals surface area contributed by atoms with Crippen molar-refractivity contribution in [1.82, 2.24) is 0 Å². The van der Waals surface area contributed by atoms with E-state index in [-0.39, 0.29) is 5.02 Å². The molecule has 6 heteroatoms. The van der Waals surface area contributed by atoms with Crippen LogP contribution >= 0.6 is 11.6 Å². The van der Waals surface area contributed by atoms with Gasteiger partial charge >= 0.3 is 6.18 Å². The van der Waals surface area contributed by atoms with Crippen LogP contribution in [0, 0.1) is 0 Å². The summed E-state index contributed by atoms with van der Waals surface area (Å²) >= 11 is 5.65. The molecule has 18 heavy (non-hydrogen) atoms. The minimum Gasteiger partial charge on any atom is -0.467 e. The average Bonchev–Trinajstić information content (AvgIpc) is 2.77. The van der Waals surface area contributed by atoms with Crippen LogP contribution < -0.4 is 5.32 Å². The van der Waals surface area contributed by atoms with Gasteiger partial charge in [-0.2, -0.15) is 13.2 Å². The van der Waals surface area contributed by atoms with Gasteiger partial charge in [-0.25, -0.2) is 0 Å². The summed E-state index contributed by atoms with van der Waals surface area (Å²) in [6.45, 7) is 0.296.